The Bertz CT molecular complexity index is 887. The third-order valence-electron chi connectivity index (χ3n) is 4.19. The molecule has 2 N–H and O–H groups in total. The minimum Gasteiger partial charge on any atom is -0.426 e. The van der Waals surface area contributed by atoms with Gasteiger partial charge >= 0.3 is 0 Å². The number of carbonyl (C=O) groups excluding carboxylic acids is 1. The Labute approximate surface area is 145 Å². The molecule has 1 aromatic carbocycles. The minimum absolute atomic E-state index is 0.0642. The first-order valence-electron chi connectivity index (χ1n) is 7.81. The summed E-state index contributed by atoms with van der Waals surface area (Å²) in [6, 6.07) is 5.29. The van der Waals surface area contributed by atoms with Crippen LogP contribution in [0.2, 0.25) is 0 Å². The number of aryl methyl sites for hydroxylation is 1. The van der Waals surface area contributed by atoms with Gasteiger partial charge in [0, 0.05) is 12.5 Å². The van der Waals surface area contributed by atoms with Gasteiger partial charge in [-0.1, -0.05) is 6.07 Å². The van der Waals surface area contributed by atoms with E-state index in [1.54, 1.807) is 36.4 Å². The van der Waals surface area contributed by atoms with Gasteiger partial charge in [-0.05, 0) is 38.5 Å². The van der Waals surface area contributed by atoms with E-state index in [4.69, 9.17) is 15.6 Å². The van der Waals surface area contributed by atoms with Crippen molar-refractivity contribution in [1.29, 1.82) is 10.8 Å². The van der Waals surface area contributed by atoms with Crippen molar-refractivity contribution in [3.63, 3.8) is 0 Å². The second-order valence-electron chi connectivity index (χ2n) is 6.47. The van der Waals surface area contributed by atoms with Gasteiger partial charge in [0.1, 0.15) is 5.82 Å². The van der Waals surface area contributed by atoms with Crippen molar-refractivity contribution in [1.82, 2.24) is 9.97 Å². The van der Waals surface area contributed by atoms with E-state index in [1.165, 1.54) is 6.92 Å². The molecule has 3 rings (SSSR count). The van der Waals surface area contributed by atoms with E-state index >= 15 is 0 Å². The SMILES string of the molecule is CC(=N)OC(=N)c1ccc2c(c1)N(c1cnc(C)nc1)C(=O)C2(C)C. The lowest BCUT2D eigenvalue weighted by Crippen LogP contribution is -2.33. The highest BCUT2D eigenvalue weighted by atomic mass is 16.5. The summed E-state index contributed by atoms with van der Waals surface area (Å²) in [6.45, 7) is 6.98. The molecule has 0 unspecified atom stereocenters. The Morgan fingerprint density at radius 2 is 1.84 bits per heavy atom. The molecule has 0 saturated carbocycles. The van der Waals surface area contributed by atoms with E-state index in [2.05, 4.69) is 9.97 Å². The van der Waals surface area contributed by atoms with Crippen LogP contribution >= 0.6 is 0 Å². The van der Waals surface area contributed by atoms with E-state index in [0.29, 0.717) is 22.8 Å². The second kappa shape index (κ2) is 5.77. The van der Waals surface area contributed by atoms with Crippen LogP contribution in [0, 0.1) is 17.7 Å². The average Bonchev–Trinajstić information content (AvgIpc) is 2.74. The maximum Gasteiger partial charge on any atom is 0.241 e. The van der Waals surface area contributed by atoms with Crippen molar-refractivity contribution in [2.45, 2.75) is 33.1 Å². The molecule has 1 aromatic heterocycles. The summed E-state index contributed by atoms with van der Waals surface area (Å²) < 4.78 is 5.07. The molecule has 2 aromatic rings. The van der Waals surface area contributed by atoms with Gasteiger partial charge in [0.05, 0.1) is 29.2 Å². The van der Waals surface area contributed by atoms with Gasteiger partial charge in [-0.3, -0.25) is 20.5 Å². The number of anilines is 2. The van der Waals surface area contributed by atoms with E-state index in [-0.39, 0.29) is 17.7 Å². The molecule has 1 aliphatic rings. The quantitative estimate of drug-likeness (QED) is 0.649. The van der Waals surface area contributed by atoms with Crippen molar-refractivity contribution in [3.8, 4) is 0 Å². The number of rotatable bonds is 2. The summed E-state index contributed by atoms with van der Waals surface area (Å²) >= 11 is 0. The highest BCUT2D eigenvalue weighted by molar-refractivity contribution is 6.13. The Morgan fingerprint density at radius 1 is 1.20 bits per heavy atom. The summed E-state index contributed by atoms with van der Waals surface area (Å²) in [5.41, 5.74) is 1.92. The largest absolute Gasteiger partial charge is 0.426 e. The fraction of sp³-hybridized carbons (Fsp3) is 0.278. The van der Waals surface area contributed by atoms with Crippen molar-refractivity contribution >= 4 is 29.1 Å². The zero-order chi connectivity index (χ0) is 18.4. The smallest absolute Gasteiger partial charge is 0.241 e. The number of ether oxygens (including phenoxy) is 1. The van der Waals surface area contributed by atoms with Crippen LogP contribution in [0.5, 0.6) is 0 Å². The summed E-state index contributed by atoms with van der Waals surface area (Å²) in [5.74, 6) is 0.348. The van der Waals surface area contributed by atoms with Crippen molar-refractivity contribution in [2.75, 3.05) is 4.90 Å². The fourth-order valence-electron chi connectivity index (χ4n) is 2.86. The number of nitrogens with zero attached hydrogens (tertiary/aromatic N) is 3. The van der Waals surface area contributed by atoms with Gasteiger partial charge in [0.15, 0.2) is 5.90 Å². The van der Waals surface area contributed by atoms with Crippen LogP contribution in [-0.2, 0) is 14.9 Å². The normalized spacial score (nSPS) is 15.0. The van der Waals surface area contributed by atoms with Crippen LogP contribution in [-0.4, -0.2) is 27.7 Å². The molecule has 7 heteroatoms. The zero-order valence-electron chi connectivity index (χ0n) is 14.5. The maximum absolute atomic E-state index is 13.0. The summed E-state index contributed by atoms with van der Waals surface area (Å²) in [4.78, 5) is 22.9. The monoisotopic (exact) mass is 337 g/mol. The van der Waals surface area contributed by atoms with Crippen molar-refractivity contribution < 1.29 is 9.53 Å². The van der Waals surface area contributed by atoms with Crippen LogP contribution in [0.3, 0.4) is 0 Å². The molecule has 0 saturated heterocycles. The van der Waals surface area contributed by atoms with Crippen LogP contribution in [0.15, 0.2) is 30.6 Å². The van der Waals surface area contributed by atoms with Gasteiger partial charge < -0.3 is 4.74 Å². The molecule has 0 aliphatic carbocycles. The number of amides is 1. The molecular formula is C18H19N5O2. The number of fused-ring (bicyclic) bond motifs is 1. The summed E-state index contributed by atoms with van der Waals surface area (Å²) in [5, 5.41) is 15.4. The van der Waals surface area contributed by atoms with Gasteiger partial charge in [-0.25, -0.2) is 9.97 Å². The number of carbonyl (C=O) groups is 1. The number of nitrogens with one attached hydrogen (secondary N) is 2. The lowest BCUT2D eigenvalue weighted by molar-refractivity contribution is -0.121. The highest BCUT2D eigenvalue weighted by Crippen LogP contribution is 2.45. The first kappa shape index (κ1) is 16.8. The predicted octanol–water partition coefficient (Wildman–Crippen LogP) is 3.08. The van der Waals surface area contributed by atoms with Crippen LogP contribution in [0.25, 0.3) is 0 Å². The molecule has 0 spiro atoms. The molecule has 0 bridgehead atoms. The molecular weight excluding hydrogens is 318 g/mol. The first-order chi connectivity index (χ1) is 11.7. The predicted molar refractivity (Wildman–Crippen MR) is 94.7 cm³/mol. The standard InChI is InChI=1S/C18H19N5O2/c1-10(19)25-16(20)12-5-6-14-15(7-12)23(17(24)18(14,3)4)13-8-21-11(2)22-9-13/h5-9,19-20H,1-4H3. The molecule has 1 aliphatic heterocycles. The molecule has 25 heavy (non-hydrogen) atoms. The first-order valence-corrected chi connectivity index (χ1v) is 7.81. The van der Waals surface area contributed by atoms with E-state index in [0.717, 1.165) is 5.56 Å². The minimum atomic E-state index is -0.695. The van der Waals surface area contributed by atoms with Crippen LogP contribution in [0.1, 0.15) is 37.7 Å². The van der Waals surface area contributed by atoms with Gasteiger partial charge in [-0.2, -0.15) is 0 Å². The van der Waals surface area contributed by atoms with E-state index < -0.39 is 5.41 Å². The average molecular weight is 337 g/mol. The zero-order valence-corrected chi connectivity index (χ0v) is 14.5. The summed E-state index contributed by atoms with van der Waals surface area (Å²) in [6.07, 6.45) is 3.23. The molecule has 7 nitrogen and oxygen atoms in total. The van der Waals surface area contributed by atoms with Crippen LogP contribution < -0.4 is 4.90 Å². The van der Waals surface area contributed by atoms with Gasteiger partial charge in [0.2, 0.25) is 11.8 Å². The third kappa shape index (κ3) is 2.77. The van der Waals surface area contributed by atoms with Crippen LogP contribution in [0.4, 0.5) is 11.4 Å². The number of aromatic nitrogens is 2. The lowest BCUT2D eigenvalue weighted by atomic mass is 9.86. The highest BCUT2D eigenvalue weighted by Gasteiger charge is 2.45. The second-order valence-corrected chi connectivity index (χ2v) is 6.47. The lowest BCUT2D eigenvalue weighted by Gasteiger charge is -2.20. The van der Waals surface area contributed by atoms with Gasteiger partial charge in [-0.15, -0.1) is 0 Å². The van der Waals surface area contributed by atoms with Gasteiger partial charge in [0.25, 0.3) is 0 Å². The number of benzene rings is 1. The number of hydrogen-bond donors (Lipinski definition) is 2. The van der Waals surface area contributed by atoms with E-state index in [9.17, 15) is 4.79 Å². The fourth-order valence-corrected chi connectivity index (χ4v) is 2.86. The molecule has 2 heterocycles. The molecule has 128 valence electrons. The van der Waals surface area contributed by atoms with E-state index in [1.807, 2.05) is 19.9 Å². The third-order valence-corrected chi connectivity index (χ3v) is 4.19. The maximum atomic E-state index is 13.0. The van der Waals surface area contributed by atoms with Crippen molar-refractivity contribution in [3.05, 3.63) is 47.5 Å². The number of hydrogen-bond acceptors (Lipinski definition) is 6. The molecule has 0 fully saturated rings. The Morgan fingerprint density at radius 3 is 2.44 bits per heavy atom. The molecule has 1 amide bonds. The Hall–Kier alpha value is -3.09. The molecule has 0 atom stereocenters. The topological polar surface area (TPSA) is 103 Å². The van der Waals surface area contributed by atoms with Crippen molar-refractivity contribution in [2.24, 2.45) is 0 Å². The molecule has 0 radical (unpaired) electrons. The Kier molecular flexibility index (Phi) is 3.87. The Balaban J connectivity index is 2.12. The summed E-state index contributed by atoms with van der Waals surface area (Å²) in [7, 11) is 0.